The Morgan fingerprint density at radius 2 is 1.50 bits per heavy atom. The molecule has 0 aliphatic carbocycles. The SMILES string of the molecule is OC(c1ccc(Cc2ccccc2)cc1)c1ccoc1. The number of hydrogen-bond donors (Lipinski definition) is 1. The molecule has 2 aromatic carbocycles. The van der Waals surface area contributed by atoms with Gasteiger partial charge in [-0.3, -0.25) is 0 Å². The Labute approximate surface area is 118 Å². The van der Waals surface area contributed by atoms with Crippen molar-refractivity contribution in [2.45, 2.75) is 12.5 Å². The zero-order valence-electron chi connectivity index (χ0n) is 11.1. The van der Waals surface area contributed by atoms with Crippen LogP contribution in [0.1, 0.15) is 28.4 Å². The molecule has 100 valence electrons. The molecule has 1 N–H and O–H groups in total. The summed E-state index contributed by atoms with van der Waals surface area (Å²) in [5.41, 5.74) is 4.18. The topological polar surface area (TPSA) is 33.4 Å². The van der Waals surface area contributed by atoms with E-state index in [2.05, 4.69) is 24.3 Å². The molecule has 0 fully saturated rings. The summed E-state index contributed by atoms with van der Waals surface area (Å²) in [6.45, 7) is 0. The molecule has 1 aromatic heterocycles. The average molecular weight is 264 g/mol. The fourth-order valence-corrected chi connectivity index (χ4v) is 2.27. The van der Waals surface area contributed by atoms with Gasteiger partial charge in [0.15, 0.2) is 0 Å². The number of benzene rings is 2. The Bertz CT molecular complexity index is 640. The molecule has 0 saturated heterocycles. The standard InChI is InChI=1S/C18H16O2/c19-18(17-10-11-20-13-17)16-8-6-15(7-9-16)12-14-4-2-1-3-5-14/h1-11,13,18-19H,12H2. The van der Waals surface area contributed by atoms with Crippen LogP contribution in [0.2, 0.25) is 0 Å². The lowest BCUT2D eigenvalue weighted by Crippen LogP contribution is -1.98. The summed E-state index contributed by atoms with van der Waals surface area (Å²) in [4.78, 5) is 0. The maximum absolute atomic E-state index is 10.2. The number of furan rings is 1. The molecule has 3 aromatic rings. The summed E-state index contributed by atoms with van der Waals surface area (Å²) in [5, 5.41) is 10.2. The molecule has 0 spiro atoms. The first-order valence-corrected chi connectivity index (χ1v) is 6.66. The van der Waals surface area contributed by atoms with E-state index in [1.807, 2.05) is 30.3 Å². The third kappa shape index (κ3) is 2.81. The lowest BCUT2D eigenvalue weighted by Gasteiger charge is -2.09. The summed E-state index contributed by atoms with van der Waals surface area (Å²) in [6.07, 6.45) is 3.42. The summed E-state index contributed by atoms with van der Waals surface area (Å²) >= 11 is 0. The molecular formula is C18H16O2. The van der Waals surface area contributed by atoms with Crippen LogP contribution in [0.5, 0.6) is 0 Å². The second-order valence-electron chi connectivity index (χ2n) is 4.86. The van der Waals surface area contributed by atoms with Gasteiger partial charge >= 0.3 is 0 Å². The molecule has 2 heteroatoms. The summed E-state index contributed by atoms with van der Waals surface area (Å²) in [7, 11) is 0. The van der Waals surface area contributed by atoms with Crippen molar-refractivity contribution >= 4 is 0 Å². The van der Waals surface area contributed by atoms with Gasteiger partial charge in [0.05, 0.1) is 12.5 Å². The molecule has 0 aliphatic heterocycles. The van der Waals surface area contributed by atoms with Crippen molar-refractivity contribution in [1.82, 2.24) is 0 Å². The van der Waals surface area contributed by atoms with E-state index >= 15 is 0 Å². The largest absolute Gasteiger partial charge is 0.472 e. The van der Waals surface area contributed by atoms with Crippen molar-refractivity contribution in [3.05, 3.63) is 95.4 Å². The highest BCUT2D eigenvalue weighted by molar-refractivity contribution is 5.32. The van der Waals surface area contributed by atoms with Crippen LogP contribution < -0.4 is 0 Å². The van der Waals surface area contributed by atoms with E-state index in [4.69, 9.17) is 4.42 Å². The maximum Gasteiger partial charge on any atom is 0.107 e. The number of rotatable bonds is 4. The lowest BCUT2D eigenvalue weighted by molar-refractivity contribution is 0.219. The Morgan fingerprint density at radius 3 is 2.15 bits per heavy atom. The molecule has 0 saturated carbocycles. The van der Waals surface area contributed by atoms with Crippen LogP contribution in [0.3, 0.4) is 0 Å². The van der Waals surface area contributed by atoms with Gasteiger partial charge in [-0.15, -0.1) is 0 Å². The predicted molar refractivity (Wildman–Crippen MR) is 78.5 cm³/mol. The van der Waals surface area contributed by atoms with Crippen LogP contribution in [-0.4, -0.2) is 5.11 Å². The highest BCUT2D eigenvalue weighted by Gasteiger charge is 2.11. The van der Waals surface area contributed by atoms with E-state index < -0.39 is 6.10 Å². The van der Waals surface area contributed by atoms with Gasteiger partial charge in [0.2, 0.25) is 0 Å². The van der Waals surface area contributed by atoms with Gasteiger partial charge < -0.3 is 9.52 Å². The molecule has 2 nitrogen and oxygen atoms in total. The number of aliphatic hydroxyl groups is 1. The molecule has 0 amide bonds. The molecular weight excluding hydrogens is 248 g/mol. The van der Waals surface area contributed by atoms with Gasteiger partial charge in [0, 0.05) is 5.56 Å². The fourth-order valence-electron chi connectivity index (χ4n) is 2.27. The Balaban J connectivity index is 1.75. The van der Waals surface area contributed by atoms with Gasteiger partial charge in [-0.05, 0) is 29.2 Å². The van der Waals surface area contributed by atoms with Crippen LogP contribution >= 0.6 is 0 Å². The van der Waals surface area contributed by atoms with E-state index in [0.717, 1.165) is 17.5 Å². The van der Waals surface area contributed by atoms with Crippen molar-refractivity contribution in [3.8, 4) is 0 Å². The van der Waals surface area contributed by atoms with Crippen molar-refractivity contribution < 1.29 is 9.52 Å². The first-order chi connectivity index (χ1) is 9.83. The van der Waals surface area contributed by atoms with E-state index in [1.54, 1.807) is 18.6 Å². The minimum Gasteiger partial charge on any atom is -0.472 e. The van der Waals surface area contributed by atoms with Gasteiger partial charge in [-0.25, -0.2) is 0 Å². The zero-order chi connectivity index (χ0) is 13.8. The monoisotopic (exact) mass is 264 g/mol. The first kappa shape index (κ1) is 12.7. The summed E-state index contributed by atoms with van der Waals surface area (Å²) in [6, 6.07) is 20.2. The third-order valence-corrected chi connectivity index (χ3v) is 3.41. The molecule has 0 aliphatic rings. The number of hydrogen-bond acceptors (Lipinski definition) is 2. The minimum absolute atomic E-state index is 0.625. The van der Waals surface area contributed by atoms with E-state index in [9.17, 15) is 5.11 Å². The zero-order valence-corrected chi connectivity index (χ0v) is 11.1. The van der Waals surface area contributed by atoms with Gasteiger partial charge in [-0.1, -0.05) is 54.6 Å². The van der Waals surface area contributed by atoms with Crippen molar-refractivity contribution in [2.24, 2.45) is 0 Å². The van der Waals surface area contributed by atoms with Crippen LogP contribution in [-0.2, 0) is 6.42 Å². The first-order valence-electron chi connectivity index (χ1n) is 6.66. The summed E-state index contributed by atoms with van der Waals surface area (Å²) < 4.78 is 5.00. The Morgan fingerprint density at radius 1 is 0.800 bits per heavy atom. The van der Waals surface area contributed by atoms with Crippen LogP contribution in [0.15, 0.2) is 77.6 Å². The second-order valence-corrected chi connectivity index (χ2v) is 4.86. The van der Waals surface area contributed by atoms with Crippen LogP contribution in [0.4, 0.5) is 0 Å². The van der Waals surface area contributed by atoms with Gasteiger partial charge in [-0.2, -0.15) is 0 Å². The van der Waals surface area contributed by atoms with Crippen molar-refractivity contribution in [2.75, 3.05) is 0 Å². The average Bonchev–Trinajstić information content (AvgIpc) is 3.03. The highest BCUT2D eigenvalue weighted by Crippen LogP contribution is 2.23. The van der Waals surface area contributed by atoms with E-state index in [-0.39, 0.29) is 0 Å². The second kappa shape index (κ2) is 5.76. The predicted octanol–water partition coefficient (Wildman–Crippen LogP) is 3.95. The molecule has 3 rings (SSSR count). The Kier molecular flexibility index (Phi) is 3.66. The van der Waals surface area contributed by atoms with Crippen molar-refractivity contribution in [1.29, 1.82) is 0 Å². The third-order valence-electron chi connectivity index (χ3n) is 3.41. The van der Waals surface area contributed by atoms with E-state index in [0.29, 0.717) is 0 Å². The Hall–Kier alpha value is -2.32. The molecule has 1 unspecified atom stereocenters. The maximum atomic E-state index is 10.2. The highest BCUT2D eigenvalue weighted by atomic mass is 16.3. The molecule has 0 bridgehead atoms. The molecule has 0 radical (unpaired) electrons. The van der Waals surface area contributed by atoms with Crippen LogP contribution in [0.25, 0.3) is 0 Å². The normalized spacial score (nSPS) is 12.2. The molecule has 1 heterocycles. The van der Waals surface area contributed by atoms with Gasteiger partial charge in [0.1, 0.15) is 6.10 Å². The van der Waals surface area contributed by atoms with E-state index in [1.165, 1.54) is 11.1 Å². The number of aliphatic hydroxyl groups excluding tert-OH is 1. The smallest absolute Gasteiger partial charge is 0.107 e. The van der Waals surface area contributed by atoms with Gasteiger partial charge in [0.25, 0.3) is 0 Å². The quantitative estimate of drug-likeness (QED) is 0.774. The molecule has 20 heavy (non-hydrogen) atoms. The van der Waals surface area contributed by atoms with Crippen molar-refractivity contribution in [3.63, 3.8) is 0 Å². The fraction of sp³-hybridized carbons (Fsp3) is 0.111. The summed E-state index contributed by atoms with van der Waals surface area (Å²) in [5.74, 6) is 0. The minimum atomic E-state index is -0.625. The lowest BCUT2D eigenvalue weighted by atomic mass is 10.00. The van der Waals surface area contributed by atoms with Crippen LogP contribution in [0, 0.1) is 0 Å². The molecule has 1 atom stereocenters.